The third-order valence-electron chi connectivity index (χ3n) is 4.93. The first kappa shape index (κ1) is 17.2. The molecule has 5 nitrogen and oxygen atoms in total. The first-order chi connectivity index (χ1) is 12.6. The van der Waals surface area contributed by atoms with E-state index in [9.17, 15) is 9.59 Å². The van der Waals surface area contributed by atoms with Crippen molar-refractivity contribution in [3.63, 3.8) is 0 Å². The van der Waals surface area contributed by atoms with Crippen LogP contribution in [-0.2, 0) is 14.4 Å². The van der Waals surface area contributed by atoms with Gasteiger partial charge in [-0.05, 0) is 46.6 Å². The minimum Gasteiger partial charge on any atom is -0.273 e. The molecule has 2 aliphatic heterocycles. The van der Waals surface area contributed by atoms with Gasteiger partial charge in [-0.1, -0.05) is 43.7 Å². The van der Waals surface area contributed by atoms with Gasteiger partial charge in [-0.25, -0.2) is 9.96 Å². The highest BCUT2D eigenvalue weighted by atomic mass is 79.9. The number of para-hydroxylation sites is 2. The number of rotatable bonds is 4. The topological polar surface area (TPSA) is 49.9 Å². The van der Waals surface area contributed by atoms with Crippen molar-refractivity contribution >= 4 is 39.1 Å². The molecule has 0 bridgehead atoms. The normalized spacial score (nSPS) is 25.1. The van der Waals surface area contributed by atoms with Crippen LogP contribution >= 0.6 is 15.9 Å². The number of carbonyl (C=O) groups is 2. The molecule has 0 unspecified atom stereocenters. The first-order valence-electron chi connectivity index (χ1n) is 8.77. The molecule has 2 aliphatic rings. The smallest absolute Gasteiger partial charge is 0.266 e. The predicted octanol–water partition coefficient (Wildman–Crippen LogP) is 3.93. The third-order valence-corrected chi connectivity index (χ3v) is 5.60. The molecule has 2 aromatic rings. The number of hydroxylamine groups is 1. The number of halogens is 1. The molecule has 134 valence electrons. The molecule has 2 aromatic carbocycles. The highest BCUT2D eigenvalue weighted by Crippen LogP contribution is 2.42. The van der Waals surface area contributed by atoms with Crippen molar-refractivity contribution in [3.05, 3.63) is 59.1 Å². The first-order valence-corrected chi connectivity index (χ1v) is 9.56. The average Bonchev–Trinajstić information content (AvgIpc) is 3.14. The molecular formula is C20H19BrN2O3. The van der Waals surface area contributed by atoms with Crippen LogP contribution in [-0.4, -0.2) is 24.0 Å². The summed E-state index contributed by atoms with van der Waals surface area (Å²) in [6, 6.07) is 16.8. The molecule has 0 spiro atoms. The van der Waals surface area contributed by atoms with E-state index >= 15 is 0 Å². The summed E-state index contributed by atoms with van der Waals surface area (Å²) < 4.78 is 0.716. The van der Waals surface area contributed by atoms with E-state index in [0.717, 1.165) is 18.5 Å². The van der Waals surface area contributed by atoms with Gasteiger partial charge in [0.25, 0.3) is 5.91 Å². The maximum Gasteiger partial charge on any atom is 0.266 e. The van der Waals surface area contributed by atoms with Gasteiger partial charge in [-0.3, -0.25) is 14.4 Å². The van der Waals surface area contributed by atoms with Crippen LogP contribution in [0.4, 0.5) is 11.4 Å². The van der Waals surface area contributed by atoms with Crippen LogP contribution in [0.25, 0.3) is 0 Å². The van der Waals surface area contributed by atoms with Crippen molar-refractivity contribution in [1.29, 1.82) is 0 Å². The molecule has 26 heavy (non-hydrogen) atoms. The van der Waals surface area contributed by atoms with Gasteiger partial charge in [0.2, 0.25) is 5.91 Å². The number of nitrogens with zero attached hydrogens (tertiary/aromatic N) is 2. The molecule has 2 fully saturated rings. The quantitative estimate of drug-likeness (QED) is 0.711. The molecule has 0 N–H and O–H groups in total. The van der Waals surface area contributed by atoms with Crippen molar-refractivity contribution in [2.24, 2.45) is 5.92 Å². The van der Waals surface area contributed by atoms with Crippen LogP contribution in [0.5, 0.6) is 0 Å². The summed E-state index contributed by atoms with van der Waals surface area (Å²) in [7, 11) is 0. The second-order valence-electron chi connectivity index (χ2n) is 6.53. The summed E-state index contributed by atoms with van der Waals surface area (Å²) in [4.78, 5) is 33.5. The van der Waals surface area contributed by atoms with E-state index in [4.69, 9.17) is 4.84 Å². The summed E-state index contributed by atoms with van der Waals surface area (Å²) in [6.45, 7) is 2.07. The van der Waals surface area contributed by atoms with Crippen LogP contribution in [0.15, 0.2) is 59.1 Å². The van der Waals surface area contributed by atoms with Crippen LogP contribution in [0.2, 0.25) is 0 Å². The van der Waals surface area contributed by atoms with Crippen LogP contribution in [0.3, 0.4) is 0 Å². The maximum atomic E-state index is 13.2. The van der Waals surface area contributed by atoms with Crippen molar-refractivity contribution in [2.45, 2.75) is 31.9 Å². The summed E-state index contributed by atoms with van der Waals surface area (Å²) in [6.07, 6.45) is 0.905. The Hall–Kier alpha value is -2.18. The number of imide groups is 1. The second-order valence-corrected chi connectivity index (χ2v) is 7.39. The number of hydrogen-bond donors (Lipinski definition) is 0. The number of anilines is 2. The Morgan fingerprint density at radius 3 is 2.38 bits per heavy atom. The lowest BCUT2D eigenvalue weighted by Crippen LogP contribution is -2.40. The second kappa shape index (κ2) is 6.85. The number of amides is 2. The lowest BCUT2D eigenvalue weighted by atomic mass is 9.93. The Labute approximate surface area is 160 Å². The maximum absolute atomic E-state index is 13.2. The van der Waals surface area contributed by atoms with E-state index in [-0.39, 0.29) is 17.9 Å². The van der Waals surface area contributed by atoms with E-state index in [1.54, 1.807) is 11.1 Å². The van der Waals surface area contributed by atoms with E-state index in [2.05, 4.69) is 22.9 Å². The lowest BCUT2D eigenvalue weighted by Gasteiger charge is -2.28. The Balaban J connectivity index is 1.70. The number of carbonyl (C=O) groups excluding carboxylic acids is 2. The van der Waals surface area contributed by atoms with Crippen LogP contribution < -0.4 is 9.96 Å². The van der Waals surface area contributed by atoms with Gasteiger partial charge < -0.3 is 0 Å². The van der Waals surface area contributed by atoms with Gasteiger partial charge >= 0.3 is 0 Å². The SMILES string of the molecule is CCC[C@@H]1[C@H]2C(=O)N(c3ccccc3Br)C(=O)[C@H]2ON1c1ccccc1. The van der Waals surface area contributed by atoms with Gasteiger partial charge in [0.05, 0.1) is 23.3 Å². The van der Waals surface area contributed by atoms with Gasteiger partial charge in [-0.15, -0.1) is 0 Å². The van der Waals surface area contributed by atoms with E-state index < -0.39 is 12.0 Å². The zero-order valence-corrected chi connectivity index (χ0v) is 15.9. The molecule has 2 saturated heterocycles. The Morgan fingerprint density at radius 1 is 1.00 bits per heavy atom. The largest absolute Gasteiger partial charge is 0.273 e. The van der Waals surface area contributed by atoms with E-state index in [1.165, 1.54) is 4.90 Å². The van der Waals surface area contributed by atoms with E-state index in [1.807, 2.05) is 48.5 Å². The molecule has 3 atom stereocenters. The molecule has 6 heteroatoms. The van der Waals surface area contributed by atoms with Crippen LogP contribution in [0, 0.1) is 5.92 Å². The number of hydrogen-bond acceptors (Lipinski definition) is 4. The van der Waals surface area contributed by atoms with Crippen molar-refractivity contribution in [2.75, 3.05) is 9.96 Å². The fraction of sp³-hybridized carbons (Fsp3) is 0.300. The highest BCUT2D eigenvalue weighted by Gasteiger charge is 2.59. The molecule has 0 aliphatic carbocycles. The molecular weight excluding hydrogens is 396 g/mol. The zero-order chi connectivity index (χ0) is 18.3. The van der Waals surface area contributed by atoms with Gasteiger partial charge in [0, 0.05) is 4.47 Å². The minimum atomic E-state index is -0.772. The Kier molecular flexibility index (Phi) is 4.54. The minimum absolute atomic E-state index is 0.156. The monoisotopic (exact) mass is 414 g/mol. The van der Waals surface area contributed by atoms with Crippen molar-refractivity contribution in [3.8, 4) is 0 Å². The van der Waals surface area contributed by atoms with Crippen LogP contribution in [0.1, 0.15) is 19.8 Å². The van der Waals surface area contributed by atoms with Gasteiger partial charge in [0.15, 0.2) is 6.10 Å². The van der Waals surface area contributed by atoms with Gasteiger partial charge in [-0.2, -0.15) is 0 Å². The number of fused-ring (bicyclic) bond motifs is 1. The summed E-state index contributed by atoms with van der Waals surface area (Å²) in [5.74, 6) is -0.982. The van der Waals surface area contributed by atoms with Crippen molar-refractivity contribution in [1.82, 2.24) is 0 Å². The van der Waals surface area contributed by atoms with Gasteiger partial charge in [0.1, 0.15) is 0 Å². The fourth-order valence-electron chi connectivity index (χ4n) is 3.78. The summed E-state index contributed by atoms with van der Waals surface area (Å²) >= 11 is 3.44. The average molecular weight is 415 g/mol. The highest BCUT2D eigenvalue weighted by molar-refractivity contribution is 9.10. The summed E-state index contributed by atoms with van der Waals surface area (Å²) in [5, 5.41) is 1.76. The predicted molar refractivity (Wildman–Crippen MR) is 103 cm³/mol. The van der Waals surface area contributed by atoms with Crippen molar-refractivity contribution < 1.29 is 14.4 Å². The molecule has 2 heterocycles. The zero-order valence-electron chi connectivity index (χ0n) is 14.3. The molecule has 0 radical (unpaired) electrons. The molecule has 0 aromatic heterocycles. The van der Waals surface area contributed by atoms with E-state index in [0.29, 0.717) is 10.2 Å². The third kappa shape index (κ3) is 2.64. The Bertz CT molecular complexity index is 842. The summed E-state index contributed by atoms with van der Waals surface area (Å²) in [5.41, 5.74) is 1.44. The standard InChI is InChI=1S/C20H19BrN2O3/c1-2-8-16-17-18(26-23(16)13-9-4-3-5-10-13)20(25)22(19(17)24)15-12-7-6-11-14(15)21/h3-7,9-12,16-18H,2,8H2,1H3/t16-,17-,18+/m1/s1. The fourth-order valence-corrected chi connectivity index (χ4v) is 4.24. The molecule has 2 amide bonds. The number of benzene rings is 2. The molecule has 4 rings (SSSR count). The lowest BCUT2D eigenvalue weighted by molar-refractivity contribution is -0.126. The Morgan fingerprint density at radius 2 is 1.69 bits per heavy atom. The molecule has 0 saturated carbocycles.